The molecule has 0 saturated heterocycles. The van der Waals surface area contributed by atoms with Crippen LogP contribution in [0.3, 0.4) is 0 Å². The zero-order valence-electron chi connectivity index (χ0n) is 17.1. The summed E-state index contributed by atoms with van der Waals surface area (Å²) in [7, 11) is 0. The van der Waals surface area contributed by atoms with Gasteiger partial charge >= 0.3 is 0 Å². The number of aliphatic hydroxyl groups is 3. The second-order valence-electron chi connectivity index (χ2n) is 10.7. The summed E-state index contributed by atoms with van der Waals surface area (Å²) in [5, 5.41) is 42.1. The van der Waals surface area contributed by atoms with E-state index in [9.17, 15) is 15.3 Å². The summed E-state index contributed by atoms with van der Waals surface area (Å²) in [6.07, 6.45) is 11.2. The molecule has 28 heavy (non-hydrogen) atoms. The molecule has 2 unspecified atom stereocenters. The Hall–Kier alpha value is -1.04. The van der Waals surface area contributed by atoms with Gasteiger partial charge in [0.25, 0.3) is 0 Å². The molecule has 0 aliphatic heterocycles. The monoisotopic (exact) mass is 386 g/mol. The van der Waals surface area contributed by atoms with Crippen LogP contribution in [-0.4, -0.2) is 37.2 Å². The molecule has 1 heterocycles. The number of aromatic nitrogens is 2. The summed E-state index contributed by atoms with van der Waals surface area (Å²) in [4.78, 5) is 0. The molecule has 5 rings (SSSR count). The first-order valence-corrected chi connectivity index (χ1v) is 11.1. The lowest BCUT2D eigenvalue weighted by molar-refractivity contribution is -0.238. The van der Waals surface area contributed by atoms with E-state index in [0.29, 0.717) is 24.7 Å². The predicted octanol–water partition coefficient (Wildman–Crippen LogP) is 3.18. The van der Waals surface area contributed by atoms with E-state index in [4.69, 9.17) is 0 Å². The molecule has 4 saturated carbocycles. The number of aliphatic hydroxyl groups excluding tert-OH is 1. The maximum absolute atomic E-state index is 12.2. The Morgan fingerprint density at radius 2 is 1.75 bits per heavy atom. The van der Waals surface area contributed by atoms with Crippen LogP contribution in [0.5, 0.6) is 0 Å². The second kappa shape index (κ2) is 5.99. The van der Waals surface area contributed by atoms with Crippen LogP contribution >= 0.6 is 0 Å². The molecular weight excluding hydrogens is 352 g/mol. The van der Waals surface area contributed by atoms with Crippen LogP contribution < -0.4 is 0 Å². The van der Waals surface area contributed by atoms with Crippen molar-refractivity contribution >= 4 is 0 Å². The van der Waals surface area contributed by atoms with Crippen molar-refractivity contribution in [2.45, 2.75) is 88.9 Å². The third-order valence-electron chi connectivity index (χ3n) is 10.0. The lowest BCUT2D eigenvalue weighted by atomic mass is 9.43. The average molecular weight is 387 g/mol. The van der Waals surface area contributed by atoms with Crippen LogP contribution in [0.2, 0.25) is 0 Å². The molecular formula is C23H34N2O3. The van der Waals surface area contributed by atoms with Crippen molar-refractivity contribution < 1.29 is 15.3 Å². The molecule has 4 aliphatic carbocycles. The molecule has 5 heteroatoms. The number of fused-ring (bicyclic) bond motifs is 5. The minimum atomic E-state index is -1.05. The summed E-state index contributed by atoms with van der Waals surface area (Å²) in [5.74, 6) is 1.27. The highest BCUT2D eigenvalue weighted by molar-refractivity contribution is 5.30. The predicted molar refractivity (Wildman–Crippen MR) is 105 cm³/mol. The number of hydrogen-bond donors (Lipinski definition) is 3. The summed E-state index contributed by atoms with van der Waals surface area (Å²) in [5.41, 5.74) is -1.47. The third kappa shape index (κ3) is 2.19. The summed E-state index contributed by atoms with van der Waals surface area (Å²) in [6.45, 7) is 4.52. The molecule has 4 fully saturated rings. The van der Waals surface area contributed by atoms with Crippen molar-refractivity contribution in [3.05, 3.63) is 24.0 Å². The van der Waals surface area contributed by atoms with Gasteiger partial charge in [0, 0.05) is 17.2 Å². The largest absolute Gasteiger partial charge is 0.393 e. The van der Waals surface area contributed by atoms with Crippen molar-refractivity contribution in [2.75, 3.05) is 0 Å². The third-order valence-corrected chi connectivity index (χ3v) is 10.0. The first-order chi connectivity index (χ1) is 13.2. The fourth-order valence-corrected chi connectivity index (χ4v) is 8.22. The van der Waals surface area contributed by atoms with Crippen LogP contribution in [0.1, 0.15) is 77.2 Å². The lowest BCUT2D eigenvalue weighted by Crippen LogP contribution is -2.64. The summed E-state index contributed by atoms with van der Waals surface area (Å²) in [6, 6.07) is 1.86. The molecule has 0 aromatic carbocycles. The molecule has 0 amide bonds. The van der Waals surface area contributed by atoms with E-state index in [1.807, 2.05) is 6.07 Å². The number of rotatable bonds is 1. The zero-order chi connectivity index (χ0) is 19.8. The molecule has 1 aromatic heterocycles. The standard InChI is InChI=1S/C23H34N2O3/c1-20-8-5-17(26)13-15(20)3-4-19-18(20)6-9-21(2)22(27,10-11-23(19,21)28)16-7-12-24-25-14-16/h7,12,14-15,17-19,26-28H,3-6,8-11,13H2,1-2H3/t15-,17+,18?,19?,20+,21-,22+,23+/m1/s1. The van der Waals surface area contributed by atoms with E-state index in [1.54, 1.807) is 12.4 Å². The molecule has 154 valence electrons. The van der Waals surface area contributed by atoms with Crippen LogP contribution in [0.15, 0.2) is 18.5 Å². The van der Waals surface area contributed by atoms with Gasteiger partial charge in [-0.25, -0.2) is 0 Å². The fraction of sp³-hybridized carbons (Fsp3) is 0.826. The smallest absolute Gasteiger partial charge is 0.0994 e. The van der Waals surface area contributed by atoms with E-state index >= 15 is 0 Å². The Balaban J connectivity index is 1.52. The van der Waals surface area contributed by atoms with Crippen molar-refractivity contribution in [3.8, 4) is 0 Å². The molecule has 8 atom stereocenters. The minimum absolute atomic E-state index is 0.151. The fourth-order valence-electron chi connectivity index (χ4n) is 8.22. The Kier molecular flexibility index (Phi) is 4.06. The maximum Gasteiger partial charge on any atom is 0.0994 e. The molecule has 0 radical (unpaired) electrons. The van der Waals surface area contributed by atoms with Gasteiger partial charge < -0.3 is 15.3 Å². The van der Waals surface area contributed by atoms with Crippen molar-refractivity contribution in [2.24, 2.45) is 28.6 Å². The van der Waals surface area contributed by atoms with Crippen molar-refractivity contribution in [1.82, 2.24) is 10.2 Å². The summed E-state index contributed by atoms with van der Waals surface area (Å²) < 4.78 is 0. The van der Waals surface area contributed by atoms with Gasteiger partial charge in [0.2, 0.25) is 0 Å². The van der Waals surface area contributed by atoms with E-state index in [2.05, 4.69) is 24.0 Å². The molecule has 3 N–H and O–H groups in total. The maximum atomic E-state index is 12.2. The van der Waals surface area contributed by atoms with E-state index in [0.717, 1.165) is 50.5 Å². The quantitative estimate of drug-likeness (QED) is 0.690. The van der Waals surface area contributed by atoms with Gasteiger partial charge in [-0.2, -0.15) is 10.2 Å². The van der Waals surface area contributed by atoms with E-state index < -0.39 is 16.6 Å². The molecule has 5 nitrogen and oxygen atoms in total. The molecule has 1 aromatic rings. The van der Waals surface area contributed by atoms with Gasteiger partial charge in [-0.3, -0.25) is 0 Å². The van der Waals surface area contributed by atoms with Gasteiger partial charge in [-0.15, -0.1) is 0 Å². The van der Waals surface area contributed by atoms with Crippen LogP contribution in [0.25, 0.3) is 0 Å². The van der Waals surface area contributed by atoms with Gasteiger partial charge in [0.05, 0.1) is 23.5 Å². The van der Waals surface area contributed by atoms with Gasteiger partial charge in [-0.1, -0.05) is 13.8 Å². The summed E-state index contributed by atoms with van der Waals surface area (Å²) >= 11 is 0. The highest BCUT2D eigenvalue weighted by Crippen LogP contribution is 2.71. The van der Waals surface area contributed by atoms with Crippen LogP contribution in [0, 0.1) is 28.6 Å². The first-order valence-electron chi connectivity index (χ1n) is 11.1. The van der Waals surface area contributed by atoms with Crippen molar-refractivity contribution in [1.29, 1.82) is 0 Å². The normalized spacial score (nSPS) is 53.2. The highest BCUT2D eigenvalue weighted by Gasteiger charge is 2.72. The van der Waals surface area contributed by atoms with E-state index in [-0.39, 0.29) is 17.4 Å². The van der Waals surface area contributed by atoms with Gasteiger partial charge in [0.1, 0.15) is 0 Å². The second-order valence-corrected chi connectivity index (χ2v) is 10.7. The van der Waals surface area contributed by atoms with Crippen LogP contribution in [0.4, 0.5) is 0 Å². The average Bonchev–Trinajstić information content (AvgIpc) is 2.91. The van der Waals surface area contributed by atoms with Gasteiger partial charge in [-0.05, 0) is 87.0 Å². The Bertz CT molecular complexity index is 759. The minimum Gasteiger partial charge on any atom is -0.393 e. The van der Waals surface area contributed by atoms with Gasteiger partial charge in [0.15, 0.2) is 0 Å². The van der Waals surface area contributed by atoms with Crippen molar-refractivity contribution in [3.63, 3.8) is 0 Å². The SMILES string of the molecule is C[C@]12CCC3C(CC[C@@H]4C[C@@H](O)CC[C@]34C)[C@@]1(O)CC[C@]2(O)c1ccnnc1. The highest BCUT2D eigenvalue weighted by atomic mass is 16.3. The number of nitrogens with zero attached hydrogens (tertiary/aromatic N) is 2. The zero-order valence-corrected chi connectivity index (χ0v) is 17.1. The Morgan fingerprint density at radius 1 is 0.929 bits per heavy atom. The molecule has 4 aliphatic rings. The Morgan fingerprint density at radius 3 is 2.50 bits per heavy atom. The number of hydrogen-bond acceptors (Lipinski definition) is 5. The van der Waals surface area contributed by atoms with E-state index in [1.165, 1.54) is 0 Å². The first kappa shape index (κ1) is 19.0. The lowest BCUT2D eigenvalue weighted by Gasteiger charge is -2.64. The molecule has 0 bridgehead atoms. The molecule has 0 spiro atoms. The van der Waals surface area contributed by atoms with Crippen LogP contribution in [-0.2, 0) is 5.60 Å². The Labute approximate surface area is 167 Å². The topological polar surface area (TPSA) is 86.5 Å².